The Labute approximate surface area is 320 Å². The van der Waals surface area contributed by atoms with E-state index < -0.39 is 62.3 Å². The summed E-state index contributed by atoms with van der Waals surface area (Å²) in [6.45, 7) is 2.69. The van der Waals surface area contributed by atoms with Gasteiger partial charge in [-0.1, -0.05) is 23.2 Å². The maximum absolute atomic E-state index is 12.7. The molecule has 282 valence electrons. The van der Waals surface area contributed by atoms with Crippen molar-refractivity contribution in [2.75, 3.05) is 12.4 Å². The summed E-state index contributed by atoms with van der Waals surface area (Å²) in [7, 11) is -3.14. The summed E-state index contributed by atoms with van der Waals surface area (Å²) in [4.78, 5) is 56.9. The number of benzene rings is 3. The number of hydrogen-bond donors (Lipinski definition) is 4. The molecule has 23 heteroatoms. The van der Waals surface area contributed by atoms with Gasteiger partial charge in [-0.2, -0.15) is 28.1 Å². The number of nitrogens with zero attached hydrogens (tertiary/aromatic N) is 3. The van der Waals surface area contributed by atoms with Gasteiger partial charge in [0, 0.05) is 3.57 Å². The lowest BCUT2D eigenvalue weighted by molar-refractivity contribution is -0.146. The van der Waals surface area contributed by atoms with E-state index in [1.54, 1.807) is 4.72 Å². The predicted molar refractivity (Wildman–Crippen MR) is 187 cm³/mol. The molecule has 0 saturated carbocycles. The number of anilines is 1. The van der Waals surface area contributed by atoms with Gasteiger partial charge in [0.2, 0.25) is 5.95 Å². The molecule has 0 aliphatic heterocycles. The van der Waals surface area contributed by atoms with Gasteiger partial charge in [0.1, 0.15) is 22.2 Å². The number of aryl methyl sites for hydroxylation is 1. The van der Waals surface area contributed by atoms with Gasteiger partial charge >= 0.3 is 36.1 Å². The Bertz CT molecular complexity index is 2180. The molecule has 16 nitrogen and oxygen atoms in total. The van der Waals surface area contributed by atoms with Crippen LogP contribution in [0.2, 0.25) is 10.0 Å². The van der Waals surface area contributed by atoms with Gasteiger partial charge in [0.15, 0.2) is 6.10 Å². The van der Waals surface area contributed by atoms with Crippen molar-refractivity contribution in [3.05, 3.63) is 90.7 Å². The van der Waals surface area contributed by atoms with Crippen LogP contribution in [0.15, 0.2) is 59.5 Å². The third-order valence-corrected chi connectivity index (χ3v) is 8.77. The molecule has 2 amide bonds. The predicted octanol–water partition coefficient (Wildman–Crippen LogP) is 6.44. The van der Waals surface area contributed by atoms with E-state index >= 15 is 0 Å². The van der Waals surface area contributed by atoms with Gasteiger partial charge in [-0.15, -0.1) is 0 Å². The number of halogens is 6. The summed E-state index contributed by atoms with van der Waals surface area (Å²) < 4.78 is 79.9. The fourth-order valence-corrected chi connectivity index (χ4v) is 5.94. The number of aromatic nitrogens is 3. The number of urea groups is 1. The Hall–Kier alpha value is -5.00. The highest BCUT2D eigenvalue weighted by atomic mass is 127. The van der Waals surface area contributed by atoms with Crippen molar-refractivity contribution < 1.29 is 65.2 Å². The topological polar surface area (TPSA) is 233 Å². The molecule has 0 spiro atoms. The largest absolute Gasteiger partial charge is 0.479 e. The number of carbonyl (C=O) groups is 4. The van der Waals surface area contributed by atoms with Gasteiger partial charge in [0.25, 0.3) is 10.0 Å². The van der Waals surface area contributed by atoms with Crippen molar-refractivity contribution in [1.29, 1.82) is 0 Å². The van der Waals surface area contributed by atoms with Crippen LogP contribution in [-0.2, 0) is 25.7 Å². The van der Waals surface area contributed by atoms with Crippen LogP contribution in [-0.4, -0.2) is 70.7 Å². The molecule has 4 rings (SSSR count). The monoisotopic (exact) mass is 915 g/mol. The van der Waals surface area contributed by atoms with Crippen LogP contribution in [0.1, 0.15) is 39.0 Å². The highest BCUT2D eigenvalue weighted by Crippen LogP contribution is 2.37. The van der Waals surface area contributed by atoms with E-state index in [4.69, 9.17) is 47.6 Å². The number of amides is 2. The summed E-state index contributed by atoms with van der Waals surface area (Å²) in [5, 5.41) is 19.7. The van der Waals surface area contributed by atoms with E-state index in [0.29, 0.717) is 9.64 Å². The standard InChI is InChI=1S/C17H11Cl2F3O5.C13H12IN5O6S/c1-8(15(23)24)26-16(25)11-7-10(3-4-12(11)18)27-14-5-2-9(6-13(14)19)17(20,21)22;1-6-15-11(18-13(16-6)25-2)17-12(22)19-26(23,24)9-5-7(14)3-4-8(9)10(20)21/h2-8H,1H3,(H,23,24);3-5H,1-2H3,(H,20,21)(H2,15,16,17,18,19,22)/t8-;/m0./s1. The van der Waals surface area contributed by atoms with Crippen molar-refractivity contribution in [3.8, 4) is 17.5 Å². The lowest BCUT2D eigenvalue weighted by Gasteiger charge is -2.13. The van der Waals surface area contributed by atoms with E-state index in [1.807, 2.05) is 22.6 Å². The minimum atomic E-state index is -4.56. The molecule has 3 aromatic carbocycles. The van der Waals surface area contributed by atoms with E-state index in [9.17, 15) is 40.8 Å². The number of aromatic carboxylic acids is 1. The van der Waals surface area contributed by atoms with E-state index in [-0.39, 0.29) is 44.9 Å². The fraction of sp³-hybridized carbons (Fsp3) is 0.167. The van der Waals surface area contributed by atoms with Gasteiger partial charge in [-0.3, -0.25) is 5.32 Å². The number of methoxy groups -OCH3 is 1. The Morgan fingerprint density at radius 3 is 2.19 bits per heavy atom. The van der Waals surface area contributed by atoms with Crippen LogP contribution >= 0.6 is 45.8 Å². The van der Waals surface area contributed by atoms with Crippen LogP contribution < -0.4 is 19.5 Å². The average molecular weight is 916 g/mol. The molecule has 1 aromatic heterocycles. The first-order valence-corrected chi connectivity index (χ1v) is 17.3. The maximum Gasteiger partial charge on any atom is 0.416 e. The minimum Gasteiger partial charge on any atom is -0.479 e. The number of carbonyl (C=O) groups excluding carboxylic acids is 2. The number of carboxylic acid groups (broad SMARTS) is 2. The molecular weight excluding hydrogens is 893 g/mol. The van der Waals surface area contributed by atoms with Crippen LogP contribution in [0.4, 0.5) is 23.9 Å². The number of carboxylic acids is 2. The van der Waals surface area contributed by atoms with E-state index in [0.717, 1.165) is 37.3 Å². The number of hydrogen-bond acceptors (Lipinski definition) is 12. The SMILES string of the molecule is COc1nc(C)nc(NC(=O)NS(=O)(=O)c2cc(I)ccc2C(=O)O)n1.C[C@H](OC(=O)c1cc(Oc2ccc(C(F)(F)F)cc2Cl)ccc1Cl)C(=O)O. The van der Waals surface area contributed by atoms with Crippen LogP contribution in [0, 0.1) is 10.5 Å². The number of nitrogens with one attached hydrogen (secondary N) is 2. The average Bonchev–Trinajstić information content (AvgIpc) is 3.05. The number of sulfonamides is 1. The molecular formula is C30H23Cl2F3IN5O11S. The van der Waals surface area contributed by atoms with Crippen LogP contribution in [0.5, 0.6) is 17.5 Å². The lowest BCUT2D eigenvalue weighted by Crippen LogP contribution is -2.35. The number of esters is 1. The smallest absolute Gasteiger partial charge is 0.416 e. The van der Waals surface area contributed by atoms with Crippen molar-refractivity contribution in [2.45, 2.75) is 31.0 Å². The molecule has 0 aliphatic carbocycles. The van der Waals surface area contributed by atoms with Gasteiger partial charge in [0.05, 0.1) is 33.8 Å². The number of aliphatic carboxylic acids is 1. The maximum atomic E-state index is 12.7. The Morgan fingerprint density at radius 1 is 0.925 bits per heavy atom. The highest BCUT2D eigenvalue weighted by Gasteiger charge is 2.31. The Balaban J connectivity index is 0.000000286. The number of ether oxygens (including phenoxy) is 3. The first-order chi connectivity index (χ1) is 24.6. The highest BCUT2D eigenvalue weighted by molar-refractivity contribution is 14.1. The summed E-state index contributed by atoms with van der Waals surface area (Å²) in [5.74, 6) is -3.83. The number of rotatable bonds is 10. The first-order valence-electron chi connectivity index (χ1n) is 14.0. The third kappa shape index (κ3) is 12.0. The summed E-state index contributed by atoms with van der Waals surface area (Å²) >= 11 is 13.5. The molecule has 4 aromatic rings. The summed E-state index contributed by atoms with van der Waals surface area (Å²) in [6.07, 6.45) is -5.96. The van der Waals surface area contributed by atoms with Crippen molar-refractivity contribution in [3.63, 3.8) is 0 Å². The zero-order valence-corrected chi connectivity index (χ0v) is 31.3. The van der Waals surface area contributed by atoms with Crippen molar-refractivity contribution in [1.82, 2.24) is 19.7 Å². The Morgan fingerprint density at radius 2 is 1.60 bits per heavy atom. The molecule has 0 fully saturated rings. The second-order valence-electron chi connectivity index (χ2n) is 9.97. The molecule has 1 heterocycles. The minimum absolute atomic E-state index is 0.0246. The zero-order chi connectivity index (χ0) is 39.8. The van der Waals surface area contributed by atoms with Crippen LogP contribution in [0.25, 0.3) is 0 Å². The first kappa shape index (κ1) is 42.4. The third-order valence-electron chi connectivity index (χ3n) is 6.10. The molecule has 0 aliphatic rings. The number of alkyl halides is 3. The molecule has 0 bridgehead atoms. The molecule has 53 heavy (non-hydrogen) atoms. The van der Waals surface area contributed by atoms with Crippen LogP contribution in [0.3, 0.4) is 0 Å². The van der Waals surface area contributed by atoms with E-state index in [1.165, 1.54) is 32.2 Å². The van der Waals surface area contributed by atoms with Gasteiger partial charge in [-0.25, -0.2) is 32.3 Å². The van der Waals surface area contributed by atoms with Crippen molar-refractivity contribution >= 4 is 85.7 Å². The second kappa shape index (κ2) is 17.7. The molecule has 0 saturated heterocycles. The summed E-state index contributed by atoms with van der Waals surface area (Å²) in [5.41, 5.74) is -1.59. The molecule has 1 atom stereocenters. The van der Waals surface area contributed by atoms with Gasteiger partial charge in [-0.05, 0) is 91.0 Å². The summed E-state index contributed by atoms with van der Waals surface area (Å²) in [6, 6.07) is 8.80. The Kier molecular flexibility index (Phi) is 14.1. The normalized spacial score (nSPS) is 11.6. The lowest BCUT2D eigenvalue weighted by atomic mass is 10.2. The fourth-order valence-electron chi connectivity index (χ4n) is 3.69. The van der Waals surface area contributed by atoms with Crippen molar-refractivity contribution in [2.24, 2.45) is 0 Å². The quantitative estimate of drug-likeness (QED) is 0.0991. The molecule has 0 unspecified atom stereocenters. The molecule has 0 radical (unpaired) electrons. The molecule has 4 N–H and O–H groups in total. The zero-order valence-electron chi connectivity index (χ0n) is 26.9. The van der Waals surface area contributed by atoms with E-state index in [2.05, 4.69) is 20.3 Å². The second-order valence-corrected chi connectivity index (χ2v) is 13.7. The van der Waals surface area contributed by atoms with Gasteiger partial charge < -0.3 is 24.4 Å².